The van der Waals surface area contributed by atoms with Crippen molar-refractivity contribution in [2.45, 2.75) is 6.54 Å². The fraction of sp³-hybridized carbons (Fsp3) is 0.0833. The summed E-state index contributed by atoms with van der Waals surface area (Å²) in [6.07, 6.45) is 3.05. The molecular formula is C12H10N2O3. The van der Waals surface area contributed by atoms with Crippen LogP contribution in [0.3, 0.4) is 0 Å². The molecule has 0 atom stereocenters. The van der Waals surface area contributed by atoms with Gasteiger partial charge in [0.1, 0.15) is 5.76 Å². The topological polar surface area (TPSA) is 68.6 Å². The van der Waals surface area contributed by atoms with E-state index >= 15 is 0 Å². The van der Waals surface area contributed by atoms with Gasteiger partial charge in [0, 0.05) is 12.3 Å². The molecule has 0 amide bonds. The van der Waals surface area contributed by atoms with Crippen LogP contribution < -0.4 is 0 Å². The Morgan fingerprint density at radius 3 is 2.82 bits per heavy atom. The summed E-state index contributed by atoms with van der Waals surface area (Å²) in [6, 6.07) is 10.0. The molecule has 1 aromatic carbocycles. The summed E-state index contributed by atoms with van der Waals surface area (Å²) in [5, 5.41) is 10.7. The third-order valence-corrected chi connectivity index (χ3v) is 2.19. The second kappa shape index (κ2) is 5.07. The molecule has 0 bridgehead atoms. The summed E-state index contributed by atoms with van der Waals surface area (Å²) in [7, 11) is 0. The molecule has 2 aromatic rings. The average molecular weight is 230 g/mol. The fourth-order valence-corrected chi connectivity index (χ4v) is 1.40. The summed E-state index contributed by atoms with van der Waals surface area (Å²) < 4.78 is 5.10. The molecule has 5 heteroatoms. The molecule has 1 heterocycles. The van der Waals surface area contributed by atoms with Gasteiger partial charge in [0.15, 0.2) is 0 Å². The highest BCUT2D eigenvalue weighted by atomic mass is 16.6. The first kappa shape index (κ1) is 11.1. The van der Waals surface area contributed by atoms with E-state index in [1.807, 2.05) is 0 Å². The van der Waals surface area contributed by atoms with Crippen LogP contribution in [0.15, 0.2) is 52.1 Å². The summed E-state index contributed by atoms with van der Waals surface area (Å²) in [5.41, 5.74) is 0.541. The molecule has 0 aliphatic heterocycles. The standard InChI is InChI=1S/C12H10N2O3/c15-14(16)12-6-2-1-4-10(12)8-13-9-11-5-3-7-17-11/h1-8H,9H2. The van der Waals surface area contributed by atoms with Gasteiger partial charge in [-0.2, -0.15) is 0 Å². The van der Waals surface area contributed by atoms with Crippen LogP contribution in [0.1, 0.15) is 11.3 Å². The molecule has 1 aromatic heterocycles. The maximum Gasteiger partial charge on any atom is 0.278 e. The van der Waals surface area contributed by atoms with Crippen LogP contribution in [0, 0.1) is 10.1 Å². The molecule has 0 saturated heterocycles. The van der Waals surface area contributed by atoms with E-state index in [1.54, 1.807) is 36.6 Å². The van der Waals surface area contributed by atoms with E-state index in [0.29, 0.717) is 12.1 Å². The van der Waals surface area contributed by atoms with Gasteiger partial charge in [-0.1, -0.05) is 12.1 Å². The number of nitro benzene ring substituents is 1. The van der Waals surface area contributed by atoms with Crippen LogP contribution >= 0.6 is 0 Å². The van der Waals surface area contributed by atoms with Gasteiger partial charge in [-0.05, 0) is 18.2 Å². The van der Waals surface area contributed by atoms with Crippen molar-refractivity contribution in [3.63, 3.8) is 0 Å². The molecule has 0 fully saturated rings. The SMILES string of the molecule is O=[N+]([O-])c1ccccc1C=NCc1ccco1. The number of benzene rings is 1. The monoisotopic (exact) mass is 230 g/mol. The van der Waals surface area contributed by atoms with Crippen molar-refractivity contribution in [1.82, 2.24) is 0 Å². The Morgan fingerprint density at radius 2 is 2.12 bits per heavy atom. The van der Waals surface area contributed by atoms with E-state index in [-0.39, 0.29) is 5.69 Å². The molecule has 0 aliphatic rings. The van der Waals surface area contributed by atoms with Crippen molar-refractivity contribution in [2.24, 2.45) is 4.99 Å². The van der Waals surface area contributed by atoms with Gasteiger partial charge in [0.2, 0.25) is 0 Å². The third kappa shape index (κ3) is 2.78. The molecule has 0 saturated carbocycles. The number of hydrogen-bond donors (Lipinski definition) is 0. The van der Waals surface area contributed by atoms with Crippen molar-refractivity contribution >= 4 is 11.9 Å². The number of para-hydroxylation sites is 1. The minimum Gasteiger partial charge on any atom is -0.467 e. The predicted octanol–water partition coefficient (Wildman–Crippen LogP) is 2.81. The van der Waals surface area contributed by atoms with Crippen molar-refractivity contribution in [3.05, 3.63) is 64.1 Å². The number of rotatable bonds is 4. The zero-order valence-corrected chi connectivity index (χ0v) is 8.95. The second-order valence-electron chi connectivity index (χ2n) is 3.37. The van der Waals surface area contributed by atoms with Gasteiger partial charge in [0.05, 0.1) is 23.3 Å². The molecule has 0 radical (unpaired) electrons. The fourth-order valence-electron chi connectivity index (χ4n) is 1.40. The number of hydrogen-bond acceptors (Lipinski definition) is 4. The summed E-state index contributed by atoms with van der Waals surface area (Å²) in [6.45, 7) is 0.374. The lowest BCUT2D eigenvalue weighted by molar-refractivity contribution is -0.385. The van der Waals surface area contributed by atoms with Gasteiger partial charge in [-0.15, -0.1) is 0 Å². The number of nitrogens with zero attached hydrogens (tertiary/aromatic N) is 2. The maximum absolute atomic E-state index is 10.7. The number of furan rings is 1. The predicted molar refractivity (Wildman–Crippen MR) is 63.1 cm³/mol. The lowest BCUT2D eigenvalue weighted by Gasteiger charge is -1.95. The van der Waals surface area contributed by atoms with Gasteiger partial charge in [-0.25, -0.2) is 0 Å². The highest BCUT2D eigenvalue weighted by Crippen LogP contribution is 2.15. The lowest BCUT2D eigenvalue weighted by Crippen LogP contribution is -1.94. The van der Waals surface area contributed by atoms with Crippen LogP contribution in [-0.4, -0.2) is 11.1 Å². The Bertz CT molecular complexity index is 532. The summed E-state index contributed by atoms with van der Waals surface area (Å²) in [5.74, 6) is 0.722. The van der Waals surface area contributed by atoms with E-state index in [0.717, 1.165) is 5.76 Å². The van der Waals surface area contributed by atoms with E-state index in [9.17, 15) is 10.1 Å². The number of aliphatic imine (C=N–C) groups is 1. The normalized spacial score (nSPS) is 10.8. The van der Waals surface area contributed by atoms with Crippen molar-refractivity contribution in [3.8, 4) is 0 Å². The average Bonchev–Trinajstić information content (AvgIpc) is 2.82. The van der Waals surface area contributed by atoms with Gasteiger partial charge in [0.25, 0.3) is 5.69 Å². The van der Waals surface area contributed by atoms with Crippen LogP contribution in [0.5, 0.6) is 0 Å². The van der Waals surface area contributed by atoms with Crippen molar-refractivity contribution < 1.29 is 9.34 Å². The van der Waals surface area contributed by atoms with E-state index in [4.69, 9.17) is 4.42 Å². The second-order valence-corrected chi connectivity index (χ2v) is 3.37. The first-order valence-electron chi connectivity index (χ1n) is 5.03. The van der Waals surface area contributed by atoms with Crippen molar-refractivity contribution in [2.75, 3.05) is 0 Å². The first-order valence-corrected chi connectivity index (χ1v) is 5.03. The zero-order chi connectivity index (χ0) is 12.1. The summed E-state index contributed by atoms with van der Waals surface area (Å²) in [4.78, 5) is 14.4. The lowest BCUT2D eigenvalue weighted by atomic mass is 10.2. The quantitative estimate of drug-likeness (QED) is 0.460. The summed E-state index contributed by atoms with van der Waals surface area (Å²) >= 11 is 0. The van der Waals surface area contributed by atoms with E-state index in [2.05, 4.69) is 4.99 Å². The molecule has 17 heavy (non-hydrogen) atoms. The maximum atomic E-state index is 10.7. The highest BCUT2D eigenvalue weighted by molar-refractivity contribution is 5.85. The molecule has 0 N–H and O–H groups in total. The van der Waals surface area contributed by atoms with E-state index in [1.165, 1.54) is 12.3 Å². The molecule has 86 valence electrons. The Kier molecular flexibility index (Phi) is 3.30. The smallest absolute Gasteiger partial charge is 0.278 e. The molecule has 0 spiro atoms. The molecule has 0 aliphatic carbocycles. The molecular weight excluding hydrogens is 220 g/mol. The van der Waals surface area contributed by atoms with Crippen LogP contribution in [0.4, 0.5) is 5.69 Å². The third-order valence-electron chi connectivity index (χ3n) is 2.19. The Balaban J connectivity index is 2.13. The van der Waals surface area contributed by atoms with Gasteiger partial charge < -0.3 is 4.42 Å². The Hall–Kier alpha value is -2.43. The Morgan fingerprint density at radius 1 is 1.29 bits per heavy atom. The van der Waals surface area contributed by atoms with Gasteiger partial charge >= 0.3 is 0 Å². The molecule has 2 rings (SSSR count). The van der Waals surface area contributed by atoms with Gasteiger partial charge in [-0.3, -0.25) is 15.1 Å². The largest absolute Gasteiger partial charge is 0.467 e. The zero-order valence-electron chi connectivity index (χ0n) is 8.95. The highest BCUT2D eigenvalue weighted by Gasteiger charge is 2.09. The minimum atomic E-state index is -0.422. The van der Waals surface area contributed by atoms with Crippen LogP contribution in [0.2, 0.25) is 0 Å². The van der Waals surface area contributed by atoms with Crippen LogP contribution in [0.25, 0.3) is 0 Å². The number of nitro groups is 1. The van der Waals surface area contributed by atoms with Crippen molar-refractivity contribution in [1.29, 1.82) is 0 Å². The minimum absolute atomic E-state index is 0.0516. The first-order chi connectivity index (χ1) is 8.27. The molecule has 5 nitrogen and oxygen atoms in total. The molecule has 0 unspecified atom stereocenters. The van der Waals surface area contributed by atoms with Crippen LogP contribution in [-0.2, 0) is 6.54 Å². The van der Waals surface area contributed by atoms with E-state index < -0.39 is 4.92 Å². The Labute approximate surface area is 97.6 Å².